The van der Waals surface area contributed by atoms with E-state index in [1.54, 1.807) is 6.20 Å². The van der Waals surface area contributed by atoms with Gasteiger partial charge in [0, 0.05) is 18.6 Å². The van der Waals surface area contributed by atoms with Crippen molar-refractivity contribution in [3.8, 4) is 5.69 Å². The van der Waals surface area contributed by atoms with Gasteiger partial charge in [0.05, 0.1) is 36.6 Å². The van der Waals surface area contributed by atoms with Crippen LogP contribution in [0.5, 0.6) is 0 Å². The average molecular weight is 293 g/mol. The maximum absolute atomic E-state index is 14.1. The molecule has 0 amide bonds. The first-order valence-corrected chi connectivity index (χ1v) is 6.89. The summed E-state index contributed by atoms with van der Waals surface area (Å²) >= 11 is 0. The molecule has 1 fully saturated rings. The highest BCUT2D eigenvalue weighted by Gasteiger charge is 2.27. The van der Waals surface area contributed by atoms with Gasteiger partial charge in [-0.2, -0.15) is 0 Å². The Morgan fingerprint density at radius 2 is 2.19 bits per heavy atom. The van der Waals surface area contributed by atoms with Crippen molar-refractivity contribution in [3.63, 3.8) is 0 Å². The van der Waals surface area contributed by atoms with Crippen molar-refractivity contribution in [2.75, 3.05) is 13.2 Å². The molecular formula is C15H17F2N3O. The van der Waals surface area contributed by atoms with Crippen LogP contribution in [0.25, 0.3) is 5.69 Å². The summed E-state index contributed by atoms with van der Waals surface area (Å²) in [6.45, 7) is 2.79. The third-order valence-electron chi connectivity index (χ3n) is 3.97. The van der Waals surface area contributed by atoms with Crippen molar-refractivity contribution in [1.82, 2.24) is 9.55 Å². The second-order valence-corrected chi connectivity index (χ2v) is 5.39. The summed E-state index contributed by atoms with van der Waals surface area (Å²) in [6.07, 6.45) is 3.91. The SMILES string of the molecule is Cc1cc(F)c(-n2cncc2C(N)C2CCOC2)cc1F. The normalized spacial score (nSPS) is 19.9. The van der Waals surface area contributed by atoms with Gasteiger partial charge in [-0.05, 0) is 25.0 Å². The van der Waals surface area contributed by atoms with Crippen LogP contribution in [-0.2, 0) is 4.74 Å². The number of nitrogens with zero attached hydrogens (tertiary/aromatic N) is 2. The van der Waals surface area contributed by atoms with Gasteiger partial charge in [0.15, 0.2) is 0 Å². The van der Waals surface area contributed by atoms with Crippen molar-refractivity contribution in [1.29, 1.82) is 0 Å². The highest BCUT2D eigenvalue weighted by atomic mass is 19.1. The summed E-state index contributed by atoms with van der Waals surface area (Å²) in [4.78, 5) is 4.04. The minimum absolute atomic E-state index is 0.125. The number of rotatable bonds is 3. The summed E-state index contributed by atoms with van der Waals surface area (Å²) < 4.78 is 34.7. The molecule has 4 nitrogen and oxygen atoms in total. The first-order chi connectivity index (χ1) is 10.1. The Labute approximate surface area is 121 Å². The lowest BCUT2D eigenvalue weighted by Crippen LogP contribution is -2.24. The molecule has 112 valence electrons. The molecule has 1 aliphatic rings. The fourth-order valence-corrected chi connectivity index (χ4v) is 2.65. The Morgan fingerprint density at radius 1 is 1.38 bits per heavy atom. The molecule has 1 aliphatic heterocycles. The lowest BCUT2D eigenvalue weighted by atomic mass is 9.97. The number of ether oxygens (including phenoxy) is 1. The summed E-state index contributed by atoms with van der Waals surface area (Å²) in [5, 5.41) is 0. The third-order valence-corrected chi connectivity index (χ3v) is 3.97. The molecule has 0 saturated carbocycles. The molecule has 0 bridgehead atoms. The molecule has 6 heteroatoms. The lowest BCUT2D eigenvalue weighted by Gasteiger charge is -2.20. The van der Waals surface area contributed by atoms with Gasteiger partial charge >= 0.3 is 0 Å². The predicted octanol–water partition coefficient (Wildman–Crippen LogP) is 2.50. The molecule has 1 saturated heterocycles. The fourth-order valence-electron chi connectivity index (χ4n) is 2.65. The van der Waals surface area contributed by atoms with Gasteiger partial charge in [-0.15, -0.1) is 0 Å². The maximum atomic E-state index is 14.1. The van der Waals surface area contributed by atoms with Crippen LogP contribution in [0, 0.1) is 24.5 Å². The van der Waals surface area contributed by atoms with Crippen molar-refractivity contribution in [3.05, 3.63) is 47.5 Å². The Balaban J connectivity index is 2.00. The van der Waals surface area contributed by atoms with E-state index >= 15 is 0 Å². The van der Waals surface area contributed by atoms with Gasteiger partial charge < -0.3 is 10.5 Å². The molecule has 2 unspecified atom stereocenters. The number of hydrogen-bond acceptors (Lipinski definition) is 3. The summed E-state index contributed by atoms with van der Waals surface area (Å²) in [6, 6.07) is 2.03. The van der Waals surface area contributed by atoms with E-state index < -0.39 is 11.6 Å². The molecule has 2 heterocycles. The second-order valence-electron chi connectivity index (χ2n) is 5.39. The van der Waals surface area contributed by atoms with Crippen LogP contribution in [-0.4, -0.2) is 22.8 Å². The van der Waals surface area contributed by atoms with E-state index in [1.807, 2.05) is 0 Å². The van der Waals surface area contributed by atoms with Gasteiger partial charge in [-0.3, -0.25) is 4.57 Å². The lowest BCUT2D eigenvalue weighted by molar-refractivity contribution is 0.180. The first kappa shape index (κ1) is 14.2. The topological polar surface area (TPSA) is 53.1 Å². The largest absolute Gasteiger partial charge is 0.381 e. The number of hydrogen-bond donors (Lipinski definition) is 1. The zero-order chi connectivity index (χ0) is 15.0. The number of aryl methyl sites for hydroxylation is 1. The molecule has 0 aliphatic carbocycles. The summed E-state index contributed by atoms with van der Waals surface area (Å²) in [5.41, 5.74) is 7.30. The molecule has 0 radical (unpaired) electrons. The van der Waals surface area contributed by atoms with Crippen LogP contribution < -0.4 is 5.73 Å². The van der Waals surface area contributed by atoms with Gasteiger partial charge in [-0.1, -0.05) is 0 Å². The quantitative estimate of drug-likeness (QED) is 0.946. The molecular weight excluding hydrogens is 276 g/mol. The Hall–Kier alpha value is -1.79. The minimum Gasteiger partial charge on any atom is -0.381 e. The van der Waals surface area contributed by atoms with Crippen molar-refractivity contribution >= 4 is 0 Å². The summed E-state index contributed by atoms with van der Waals surface area (Å²) in [5.74, 6) is -0.786. The third kappa shape index (κ3) is 2.56. The average Bonchev–Trinajstić information content (AvgIpc) is 3.12. The summed E-state index contributed by atoms with van der Waals surface area (Å²) in [7, 11) is 0. The van der Waals surface area contributed by atoms with Gasteiger partial charge in [-0.25, -0.2) is 13.8 Å². The monoisotopic (exact) mass is 293 g/mol. The second kappa shape index (κ2) is 5.54. The molecule has 21 heavy (non-hydrogen) atoms. The Bertz CT molecular complexity index is 650. The molecule has 1 aromatic carbocycles. The van der Waals surface area contributed by atoms with E-state index in [1.165, 1.54) is 30.0 Å². The van der Waals surface area contributed by atoms with Crippen molar-refractivity contribution in [2.24, 2.45) is 11.7 Å². The highest BCUT2D eigenvalue weighted by Crippen LogP contribution is 2.29. The maximum Gasteiger partial charge on any atom is 0.147 e. The van der Waals surface area contributed by atoms with Gasteiger partial charge in [0.25, 0.3) is 0 Å². The molecule has 2 atom stereocenters. The molecule has 3 rings (SSSR count). The number of halogens is 2. The number of imidazole rings is 1. The van der Waals surface area contributed by atoms with Crippen LogP contribution in [0.2, 0.25) is 0 Å². The molecule has 1 aromatic heterocycles. The van der Waals surface area contributed by atoms with E-state index in [-0.39, 0.29) is 23.2 Å². The van der Waals surface area contributed by atoms with E-state index in [2.05, 4.69) is 4.98 Å². The van der Waals surface area contributed by atoms with Gasteiger partial charge in [0.2, 0.25) is 0 Å². The fraction of sp³-hybridized carbons (Fsp3) is 0.400. The number of aromatic nitrogens is 2. The standard InChI is InChI=1S/C15H17F2N3O/c1-9-4-12(17)13(5-11(9)16)20-8-19-6-14(20)15(18)10-2-3-21-7-10/h4-6,8,10,15H,2-3,7,18H2,1H3. The van der Waals surface area contributed by atoms with E-state index in [0.717, 1.165) is 6.42 Å². The van der Waals surface area contributed by atoms with E-state index in [9.17, 15) is 8.78 Å². The molecule has 0 spiro atoms. The van der Waals surface area contributed by atoms with E-state index in [0.29, 0.717) is 18.9 Å². The van der Waals surface area contributed by atoms with E-state index in [4.69, 9.17) is 10.5 Å². The highest BCUT2D eigenvalue weighted by molar-refractivity contribution is 5.39. The minimum atomic E-state index is -0.497. The zero-order valence-electron chi connectivity index (χ0n) is 11.7. The molecule has 2 aromatic rings. The van der Waals surface area contributed by atoms with Crippen LogP contribution in [0.3, 0.4) is 0 Å². The Morgan fingerprint density at radius 3 is 2.90 bits per heavy atom. The van der Waals surface area contributed by atoms with Crippen molar-refractivity contribution in [2.45, 2.75) is 19.4 Å². The van der Waals surface area contributed by atoms with Crippen LogP contribution >= 0.6 is 0 Å². The molecule has 2 N–H and O–H groups in total. The first-order valence-electron chi connectivity index (χ1n) is 6.89. The Kier molecular flexibility index (Phi) is 3.73. The van der Waals surface area contributed by atoms with Gasteiger partial charge in [0.1, 0.15) is 11.6 Å². The zero-order valence-corrected chi connectivity index (χ0v) is 11.7. The smallest absolute Gasteiger partial charge is 0.147 e. The van der Waals surface area contributed by atoms with Crippen LogP contribution in [0.4, 0.5) is 8.78 Å². The number of benzene rings is 1. The number of nitrogens with two attached hydrogens (primary N) is 1. The van der Waals surface area contributed by atoms with Crippen LogP contribution in [0.1, 0.15) is 23.7 Å². The van der Waals surface area contributed by atoms with Crippen LogP contribution in [0.15, 0.2) is 24.7 Å². The van der Waals surface area contributed by atoms with Crippen molar-refractivity contribution < 1.29 is 13.5 Å². The predicted molar refractivity (Wildman–Crippen MR) is 74.1 cm³/mol.